The molecule has 0 saturated heterocycles. The van der Waals surface area contributed by atoms with Crippen molar-refractivity contribution in [2.24, 2.45) is 0 Å². The number of phenols is 1. The lowest BCUT2D eigenvalue weighted by Crippen LogP contribution is -2.61. The number of halogens is 6. The minimum Gasteiger partial charge on any atom is -0.507 e. The predicted octanol–water partition coefficient (Wildman–Crippen LogP) is 2.10. The summed E-state index contributed by atoms with van der Waals surface area (Å²) in [7, 11) is -11.9. The van der Waals surface area contributed by atoms with Crippen LogP contribution in [0.2, 0.25) is 0 Å². The molecule has 30 heavy (non-hydrogen) atoms. The van der Waals surface area contributed by atoms with Gasteiger partial charge in [-0.05, 0) is 12.1 Å². The molecule has 0 saturated carbocycles. The number of benzene rings is 1. The van der Waals surface area contributed by atoms with Crippen LogP contribution in [0.15, 0.2) is 12.1 Å². The Morgan fingerprint density at radius 2 is 1.27 bits per heavy atom. The molecule has 0 fully saturated rings. The summed E-state index contributed by atoms with van der Waals surface area (Å²) in [5.41, 5.74) is -0.564. The highest BCUT2D eigenvalue weighted by atomic mass is 32.2. The molecule has 0 spiro atoms. The second-order valence-electron chi connectivity index (χ2n) is 5.58. The molecule has 0 aliphatic rings. The molecule has 17 heteroatoms. The number of phenolic OH excluding ortho intramolecular Hbond substituents is 1. The minimum absolute atomic E-state index is 0.282. The molecule has 1 rings (SSSR count). The Morgan fingerprint density at radius 3 is 1.60 bits per heavy atom. The molecule has 174 valence electrons. The lowest BCUT2D eigenvalue weighted by molar-refractivity contribution is -0.247. The Morgan fingerprint density at radius 1 is 0.867 bits per heavy atom. The first-order chi connectivity index (χ1) is 13.4. The third kappa shape index (κ3) is 4.43. The average molecular weight is 492 g/mol. The van der Waals surface area contributed by atoms with Gasteiger partial charge in [-0.1, -0.05) is 0 Å². The van der Waals surface area contributed by atoms with Crippen LogP contribution in [-0.4, -0.2) is 57.1 Å². The van der Waals surface area contributed by atoms with Crippen LogP contribution in [0.3, 0.4) is 0 Å². The Hall–Kier alpha value is -1.82. The zero-order chi connectivity index (χ0) is 23.8. The predicted molar refractivity (Wildman–Crippen MR) is 85.5 cm³/mol. The van der Waals surface area contributed by atoms with Crippen LogP contribution >= 0.6 is 0 Å². The number of aromatic hydroxyl groups is 1. The van der Waals surface area contributed by atoms with Crippen molar-refractivity contribution < 1.29 is 66.5 Å². The van der Waals surface area contributed by atoms with Crippen molar-refractivity contribution in [1.82, 2.24) is 0 Å². The third-order valence-corrected chi connectivity index (χ3v) is 5.62. The second-order valence-corrected chi connectivity index (χ2v) is 8.63. The molecule has 0 unspecified atom stereocenters. The summed E-state index contributed by atoms with van der Waals surface area (Å²) in [6, 6.07) is 1.12. The van der Waals surface area contributed by atoms with Gasteiger partial charge in [0.05, 0.1) is 13.2 Å². The average Bonchev–Trinajstić information content (AvgIpc) is 2.57. The second kappa shape index (κ2) is 8.37. The van der Waals surface area contributed by atoms with Crippen molar-refractivity contribution >= 4 is 20.2 Å². The van der Waals surface area contributed by atoms with E-state index in [2.05, 4.69) is 13.7 Å². The molecule has 1 aromatic carbocycles. The highest BCUT2D eigenvalue weighted by molar-refractivity contribution is 7.88. The highest BCUT2D eigenvalue weighted by Crippen LogP contribution is 2.51. The van der Waals surface area contributed by atoms with Crippen LogP contribution in [0.4, 0.5) is 26.3 Å². The minimum atomic E-state index is -7.16. The van der Waals surface area contributed by atoms with Gasteiger partial charge >= 0.3 is 36.7 Å². The summed E-state index contributed by atoms with van der Waals surface area (Å²) in [6.07, 6.45) is 0. The zero-order valence-electron chi connectivity index (χ0n) is 14.9. The fourth-order valence-electron chi connectivity index (χ4n) is 1.97. The molecule has 2 N–H and O–H groups in total. The van der Waals surface area contributed by atoms with Gasteiger partial charge in [-0.2, -0.15) is 43.2 Å². The van der Waals surface area contributed by atoms with E-state index in [1.165, 1.54) is 0 Å². The Labute approximate surface area is 166 Å². The summed E-state index contributed by atoms with van der Waals surface area (Å²) >= 11 is 0. The lowest BCUT2D eigenvalue weighted by atomic mass is 10.1. The van der Waals surface area contributed by atoms with Crippen molar-refractivity contribution in [3.8, 4) is 11.5 Å². The van der Waals surface area contributed by atoms with Crippen molar-refractivity contribution in [3.05, 3.63) is 23.3 Å². The number of alkyl halides is 6. The summed E-state index contributed by atoms with van der Waals surface area (Å²) in [5.74, 6) is -8.84. The Bertz CT molecular complexity index is 965. The van der Waals surface area contributed by atoms with Crippen molar-refractivity contribution in [1.29, 1.82) is 0 Å². The first-order valence-corrected chi connectivity index (χ1v) is 10.1. The molecule has 0 heterocycles. The Kier molecular flexibility index (Phi) is 7.31. The van der Waals surface area contributed by atoms with E-state index in [1.807, 2.05) is 0 Å². The monoisotopic (exact) mass is 492 g/mol. The fraction of sp³-hybridized carbons (Fsp3) is 0.538. The van der Waals surface area contributed by atoms with E-state index in [-0.39, 0.29) is 11.1 Å². The van der Waals surface area contributed by atoms with Gasteiger partial charge in [0.15, 0.2) is 0 Å². The highest BCUT2D eigenvalue weighted by Gasteiger charge is 2.83. The molecule has 0 atom stereocenters. The van der Waals surface area contributed by atoms with Crippen LogP contribution < -0.4 is 4.18 Å². The Balaban J connectivity index is 3.52. The smallest absolute Gasteiger partial charge is 0.450 e. The van der Waals surface area contributed by atoms with Gasteiger partial charge in [0, 0.05) is 25.3 Å². The first kappa shape index (κ1) is 26.2. The topological polar surface area (TPSA) is 136 Å². The molecule has 0 radical (unpaired) electrons. The van der Waals surface area contributed by atoms with Crippen LogP contribution in [-0.2, 0) is 42.9 Å². The molecule has 0 aliphatic heterocycles. The number of ether oxygens (including phenoxy) is 2. The SMILES string of the molecule is COCc1cc(OS(=O)(=O)C(F)(F)C(F)(F)C(F)(F)S(=O)(=O)O)cc(COC)c1O. The maximum Gasteiger partial charge on any atom is 0.450 e. The van der Waals surface area contributed by atoms with E-state index in [9.17, 15) is 48.3 Å². The molecule has 0 aromatic heterocycles. The van der Waals surface area contributed by atoms with Crippen LogP contribution in [0.25, 0.3) is 0 Å². The molecule has 0 amide bonds. The van der Waals surface area contributed by atoms with Crippen LogP contribution in [0.1, 0.15) is 11.1 Å². The molecule has 0 aliphatic carbocycles. The van der Waals surface area contributed by atoms with E-state index < -0.39 is 61.4 Å². The van der Waals surface area contributed by atoms with E-state index in [0.29, 0.717) is 12.1 Å². The molecule has 9 nitrogen and oxygen atoms in total. The third-order valence-electron chi connectivity index (χ3n) is 3.42. The first-order valence-electron chi connectivity index (χ1n) is 7.24. The largest absolute Gasteiger partial charge is 0.507 e. The van der Waals surface area contributed by atoms with Crippen molar-refractivity contribution in [3.63, 3.8) is 0 Å². The lowest BCUT2D eigenvalue weighted by Gasteiger charge is -2.29. The zero-order valence-corrected chi connectivity index (χ0v) is 16.5. The summed E-state index contributed by atoms with van der Waals surface area (Å²) in [5, 5.41) is -3.79. The number of methoxy groups -OCH3 is 2. The molecular weight excluding hydrogens is 478 g/mol. The van der Waals surface area contributed by atoms with Gasteiger partial charge < -0.3 is 18.8 Å². The van der Waals surface area contributed by atoms with E-state index in [0.717, 1.165) is 14.2 Å². The quantitative estimate of drug-likeness (QED) is 0.286. The normalized spacial score (nSPS) is 14.0. The summed E-state index contributed by atoms with van der Waals surface area (Å²) < 4.78 is 147. The van der Waals surface area contributed by atoms with Crippen LogP contribution in [0.5, 0.6) is 11.5 Å². The maximum atomic E-state index is 13.9. The van der Waals surface area contributed by atoms with Gasteiger partial charge in [-0.25, -0.2) is 0 Å². The van der Waals surface area contributed by atoms with Crippen LogP contribution in [0, 0.1) is 0 Å². The molecule has 1 aromatic rings. The van der Waals surface area contributed by atoms with E-state index >= 15 is 0 Å². The number of hydrogen-bond acceptors (Lipinski definition) is 8. The standard InChI is InChI=1S/C13H14F6O9S2/c1-26-5-7-3-9(4-8(6-27-2)10(7)20)28-30(24,25)13(18,19)11(14,15)12(16,17)29(21,22)23/h3-4,20H,5-6H2,1-2H3,(H,21,22,23). The van der Waals surface area contributed by atoms with Gasteiger partial charge in [-0.15, -0.1) is 0 Å². The number of rotatable bonds is 10. The van der Waals surface area contributed by atoms with Crippen molar-refractivity contribution in [2.45, 2.75) is 29.6 Å². The van der Waals surface area contributed by atoms with Gasteiger partial charge in [0.25, 0.3) is 0 Å². The van der Waals surface area contributed by atoms with E-state index in [1.54, 1.807) is 0 Å². The van der Waals surface area contributed by atoms with E-state index in [4.69, 9.17) is 4.55 Å². The van der Waals surface area contributed by atoms with Gasteiger partial charge in [0.2, 0.25) is 0 Å². The summed E-state index contributed by atoms with van der Waals surface area (Å²) in [6.45, 7) is -0.902. The van der Waals surface area contributed by atoms with Gasteiger partial charge in [0.1, 0.15) is 11.5 Å². The fourth-order valence-corrected chi connectivity index (χ4v) is 3.39. The van der Waals surface area contributed by atoms with Crippen molar-refractivity contribution in [2.75, 3.05) is 14.2 Å². The van der Waals surface area contributed by atoms with Gasteiger partial charge in [-0.3, -0.25) is 4.55 Å². The molecule has 0 bridgehead atoms. The summed E-state index contributed by atoms with van der Waals surface area (Å²) in [4.78, 5) is 0. The maximum absolute atomic E-state index is 13.9. The molecular formula is C13H14F6O9S2. The number of hydrogen-bond donors (Lipinski definition) is 2.